The molecule has 2 rings (SSSR count). The van der Waals surface area contributed by atoms with Crippen molar-refractivity contribution in [2.45, 2.75) is 12.5 Å². The summed E-state index contributed by atoms with van der Waals surface area (Å²) in [5.41, 5.74) is 1.23. The maximum Gasteiger partial charge on any atom is 0.119 e. The molecule has 0 radical (unpaired) electrons. The van der Waals surface area contributed by atoms with Gasteiger partial charge in [-0.1, -0.05) is 48.5 Å². The molecule has 20 heavy (non-hydrogen) atoms. The zero-order chi connectivity index (χ0) is 14.0. The van der Waals surface area contributed by atoms with E-state index in [-0.39, 0.29) is 6.04 Å². The van der Waals surface area contributed by atoms with Crippen molar-refractivity contribution in [3.05, 3.63) is 66.2 Å². The summed E-state index contributed by atoms with van der Waals surface area (Å²) in [4.78, 5) is 0. The quantitative estimate of drug-likeness (QED) is 0.585. The van der Waals surface area contributed by atoms with Crippen LogP contribution >= 0.6 is 11.6 Å². The van der Waals surface area contributed by atoms with Crippen molar-refractivity contribution in [3.63, 3.8) is 0 Å². The third-order valence-electron chi connectivity index (χ3n) is 3.08. The van der Waals surface area contributed by atoms with E-state index in [1.54, 1.807) is 0 Å². The van der Waals surface area contributed by atoms with Gasteiger partial charge in [0.05, 0.1) is 6.61 Å². The van der Waals surface area contributed by atoms with E-state index in [0.717, 1.165) is 18.7 Å². The van der Waals surface area contributed by atoms with Crippen LogP contribution in [0.25, 0.3) is 0 Å². The van der Waals surface area contributed by atoms with Crippen LogP contribution in [-0.4, -0.2) is 19.0 Å². The number of para-hydroxylation sites is 1. The molecule has 0 aliphatic heterocycles. The highest BCUT2D eigenvalue weighted by Gasteiger charge is 2.08. The van der Waals surface area contributed by atoms with Crippen LogP contribution in [-0.2, 0) is 0 Å². The van der Waals surface area contributed by atoms with Crippen LogP contribution in [0.4, 0.5) is 0 Å². The zero-order valence-corrected chi connectivity index (χ0v) is 12.2. The molecule has 2 aromatic carbocycles. The number of hydrogen-bond donors (Lipinski definition) is 1. The van der Waals surface area contributed by atoms with E-state index in [0.29, 0.717) is 12.5 Å². The number of halogens is 1. The SMILES string of the molecule is ClCC(NCCCOc1ccccc1)c1ccccc1. The summed E-state index contributed by atoms with van der Waals surface area (Å²) in [6, 6.07) is 20.4. The number of alkyl halides is 1. The zero-order valence-electron chi connectivity index (χ0n) is 11.5. The van der Waals surface area contributed by atoms with Crippen molar-refractivity contribution >= 4 is 11.6 Å². The standard InChI is InChI=1S/C17H20ClNO/c18-14-17(15-8-3-1-4-9-15)19-12-7-13-20-16-10-5-2-6-11-16/h1-6,8-11,17,19H,7,12-14H2. The van der Waals surface area contributed by atoms with Crippen molar-refractivity contribution in [1.29, 1.82) is 0 Å². The Labute approximate surface area is 125 Å². The van der Waals surface area contributed by atoms with Crippen LogP contribution in [0.1, 0.15) is 18.0 Å². The molecule has 2 aromatic rings. The molecule has 0 aliphatic rings. The highest BCUT2D eigenvalue weighted by molar-refractivity contribution is 6.18. The molecule has 1 unspecified atom stereocenters. The minimum atomic E-state index is 0.203. The van der Waals surface area contributed by atoms with Gasteiger partial charge in [0.1, 0.15) is 5.75 Å². The van der Waals surface area contributed by atoms with Crippen molar-refractivity contribution in [2.75, 3.05) is 19.0 Å². The summed E-state index contributed by atoms with van der Waals surface area (Å²) in [5.74, 6) is 1.49. The minimum absolute atomic E-state index is 0.203. The third kappa shape index (κ3) is 4.87. The summed E-state index contributed by atoms with van der Waals surface area (Å²) >= 11 is 6.02. The Bertz CT molecular complexity index is 475. The minimum Gasteiger partial charge on any atom is -0.494 e. The lowest BCUT2D eigenvalue weighted by atomic mass is 10.1. The van der Waals surface area contributed by atoms with Crippen LogP contribution in [0, 0.1) is 0 Å². The maximum atomic E-state index is 6.02. The van der Waals surface area contributed by atoms with Gasteiger partial charge < -0.3 is 10.1 Å². The van der Waals surface area contributed by atoms with E-state index in [1.807, 2.05) is 48.5 Å². The van der Waals surface area contributed by atoms with Gasteiger partial charge in [0.25, 0.3) is 0 Å². The van der Waals surface area contributed by atoms with Gasteiger partial charge in [-0.3, -0.25) is 0 Å². The molecule has 0 bridgehead atoms. The third-order valence-corrected chi connectivity index (χ3v) is 3.39. The Hall–Kier alpha value is -1.51. The molecule has 0 aliphatic carbocycles. The first-order chi connectivity index (χ1) is 9.90. The number of nitrogens with one attached hydrogen (secondary N) is 1. The molecule has 1 N–H and O–H groups in total. The highest BCUT2D eigenvalue weighted by atomic mass is 35.5. The molecule has 0 saturated carbocycles. The lowest BCUT2D eigenvalue weighted by Crippen LogP contribution is -2.24. The van der Waals surface area contributed by atoms with Crippen LogP contribution in [0.15, 0.2) is 60.7 Å². The number of ether oxygens (including phenoxy) is 1. The molecular formula is C17H20ClNO. The molecule has 0 fully saturated rings. The van der Waals surface area contributed by atoms with Gasteiger partial charge >= 0.3 is 0 Å². The first-order valence-corrected chi connectivity index (χ1v) is 7.46. The monoisotopic (exact) mass is 289 g/mol. The molecule has 0 heterocycles. The average molecular weight is 290 g/mol. The van der Waals surface area contributed by atoms with Gasteiger partial charge in [-0.15, -0.1) is 11.6 Å². The van der Waals surface area contributed by atoms with Gasteiger partial charge in [-0.25, -0.2) is 0 Å². The van der Waals surface area contributed by atoms with E-state index in [9.17, 15) is 0 Å². The number of rotatable bonds is 8. The topological polar surface area (TPSA) is 21.3 Å². The van der Waals surface area contributed by atoms with Crippen molar-refractivity contribution < 1.29 is 4.74 Å². The lowest BCUT2D eigenvalue weighted by molar-refractivity contribution is 0.306. The Morgan fingerprint density at radius 1 is 0.950 bits per heavy atom. The predicted octanol–water partition coefficient (Wildman–Crippen LogP) is 4.03. The van der Waals surface area contributed by atoms with Gasteiger partial charge in [0, 0.05) is 11.9 Å². The molecule has 0 aromatic heterocycles. The maximum absolute atomic E-state index is 6.02. The van der Waals surface area contributed by atoms with Gasteiger partial charge in [-0.05, 0) is 30.7 Å². The number of hydrogen-bond acceptors (Lipinski definition) is 2. The molecule has 3 heteroatoms. The summed E-state index contributed by atoms with van der Waals surface area (Å²) < 4.78 is 5.65. The molecule has 106 valence electrons. The smallest absolute Gasteiger partial charge is 0.119 e. The van der Waals surface area contributed by atoms with Crippen molar-refractivity contribution in [3.8, 4) is 5.75 Å². The summed E-state index contributed by atoms with van der Waals surface area (Å²) in [7, 11) is 0. The second kappa shape index (κ2) is 8.62. The fraction of sp³-hybridized carbons (Fsp3) is 0.294. The fourth-order valence-electron chi connectivity index (χ4n) is 2.00. The second-order valence-corrected chi connectivity index (χ2v) is 4.90. The Morgan fingerprint density at radius 3 is 2.25 bits per heavy atom. The molecule has 1 atom stereocenters. The van der Waals surface area contributed by atoms with Crippen LogP contribution in [0.2, 0.25) is 0 Å². The van der Waals surface area contributed by atoms with Gasteiger partial charge in [-0.2, -0.15) is 0 Å². The molecule has 0 spiro atoms. The van der Waals surface area contributed by atoms with Crippen LogP contribution in [0.5, 0.6) is 5.75 Å². The van der Waals surface area contributed by atoms with Gasteiger partial charge in [0.15, 0.2) is 0 Å². The van der Waals surface area contributed by atoms with E-state index in [1.165, 1.54) is 5.56 Å². The normalized spacial score (nSPS) is 12.1. The summed E-state index contributed by atoms with van der Waals surface area (Å²) in [6.07, 6.45) is 0.953. The van der Waals surface area contributed by atoms with E-state index < -0.39 is 0 Å². The Kier molecular flexibility index (Phi) is 6.42. The molecular weight excluding hydrogens is 270 g/mol. The molecule has 2 nitrogen and oxygen atoms in total. The lowest BCUT2D eigenvalue weighted by Gasteiger charge is -2.16. The first-order valence-electron chi connectivity index (χ1n) is 6.92. The van der Waals surface area contributed by atoms with Crippen molar-refractivity contribution in [1.82, 2.24) is 5.32 Å². The fourth-order valence-corrected chi connectivity index (χ4v) is 2.29. The Balaban J connectivity index is 1.67. The van der Waals surface area contributed by atoms with Crippen LogP contribution in [0.3, 0.4) is 0 Å². The van der Waals surface area contributed by atoms with Gasteiger partial charge in [0.2, 0.25) is 0 Å². The summed E-state index contributed by atoms with van der Waals surface area (Å²) in [6.45, 7) is 1.60. The largest absolute Gasteiger partial charge is 0.494 e. The number of benzene rings is 2. The van der Waals surface area contributed by atoms with E-state index >= 15 is 0 Å². The molecule has 0 saturated heterocycles. The predicted molar refractivity (Wildman–Crippen MR) is 84.5 cm³/mol. The molecule has 0 amide bonds. The van der Waals surface area contributed by atoms with Crippen LogP contribution < -0.4 is 10.1 Å². The highest BCUT2D eigenvalue weighted by Crippen LogP contribution is 2.14. The second-order valence-electron chi connectivity index (χ2n) is 4.59. The summed E-state index contributed by atoms with van der Waals surface area (Å²) in [5, 5.41) is 3.46. The van der Waals surface area contributed by atoms with E-state index in [2.05, 4.69) is 17.4 Å². The van der Waals surface area contributed by atoms with E-state index in [4.69, 9.17) is 16.3 Å². The first kappa shape index (κ1) is 14.9. The van der Waals surface area contributed by atoms with Crippen molar-refractivity contribution in [2.24, 2.45) is 0 Å². The Morgan fingerprint density at radius 2 is 1.60 bits per heavy atom. The average Bonchev–Trinajstić information content (AvgIpc) is 2.53.